The van der Waals surface area contributed by atoms with Crippen molar-refractivity contribution < 1.29 is 4.42 Å². The van der Waals surface area contributed by atoms with Crippen molar-refractivity contribution in [3.8, 4) is 11.5 Å². The van der Waals surface area contributed by atoms with Gasteiger partial charge in [0.25, 0.3) is 0 Å². The normalized spacial score (nSPS) is 11.3. The van der Waals surface area contributed by atoms with E-state index in [4.69, 9.17) is 10.2 Å². The summed E-state index contributed by atoms with van der Waals surface area (Å²) in [6, 6.07) is 17.9. The highest BCUT2D eigenvalue weighted by Gasteiger charge is 2.13. The predicted molar refractivity (Wildman–Crippen MR) is 89.1 cm³/mol. The van der Waals surface area contributed by atoms with Gasteiger partial charge in [0.1, 0.15) is 5.52 Å². The van der Waals surface area contributed by atoms with Gasteiger partial charge in [-0.2, -0.15) is 0 Å². The second kappa shape index (κ2) is 4.60. The van der Waals surface area contributed by atoms with Gasteiger partial charge in [-0.3, -0.25) is 0 Å². The third-order valence-electron chi connectivity index (χ3n) is 3.52. The van der Waals surface area contributed by atoms with Crippen molar-refractivity contribution in [2.75, 3.05) is 5.73 Å². The number of anilines is 1. The maximum absolute atomic E-state index is 6.17. The van der Waals surface area contributed by atoms with Gasteiger partial charge in [0.05, 0.1) is 10.0 Å². The molecular formula is C17H11BrN2O. The Bertz CT molecular complexity index is 975. The van der Waals surface area contributed by atoms with Crippen LogP contribution in [0, 0.1) is 0 Å². The molecule has 0 fully saturated rings. The molecule has 4 rings (SSSR count). The van der Waals surface area contributed by atoms with E-state index in [2.05, 4.69) is 27.0 Å². The van der Waals surface area contributed by atoms with Gasteiger partial charge in [0.2, 0.25) is 5.89 Å². The van der Waals surface area contributed by atoms with Crippen LogP contribution in [0.25, 0.3) is 33.3 Å². The highest BCUT2D eigenvalue weighted by Crippen LogP contribution is 2.34. The molecular weight excluding hydrogens is 328 g/mol. The van der Waals surface area contributed by atoms with Gasteiger partial charge in [-0.15, -0.1) is 0 Å². The molecule has 1 heterocycles. The van der Waals surface area contributed by atoms with Crippen molar-refractivity contribution >= 4 is 43.5 Å². The minimum Gasteiger partial charge on any atom is -0.435 e. The Morgan fingerprint density at radius 3 is 2.48 bits per heavy atom. The van der Waals surface area contributed by atoms with E-state index in [1.165, 1.54) is 0 Å². The number of fused-ring (bicyclic) bond motifs is 2. The van der Waals surface area contributed by atoms with Crippen molar-refractivity contribution in [2.24, 2.45) is 0 Å². The molecule has 0 amide bonds. The molecule has 0 saturated heterocycles. The van der Waals surface area contributed by atoms with E-state index in [1.807, 2.05) is 48.5 Å². The zero-order valence-corrected chi connectivity index (χ0v) is 12.6. The summed E-state index contributed by atoms with van der Waals surface area (Å²) in [5.41, 5.74) is 9.19. The van der Waals surface area contributed by atoms with Crippen LogP contribution in [-0.2, 0) is 0 Å². The Morgan fingerprint density at radius 2 is 1.71 bits per heavy atom. The zero-order chi connectivity index (χ0) is 14.4. The zero-order valence-electron chi connectivity index (χ0n) is 11.0. The molecule has 0 radical (unpaired) electrons. The fraction of sp³-hybridized carbons (Fsp3) is 0. The number of nitrogens with two attached hydrogens (primary N) is 1. The lowest BCUT2D eigenvalue weighted by atomic mass is 10.1. The number of halogens is 1. The molecule has 3 nitrogen and oxygen atoms in total. The van der Waals surface area contributed by atoms with E-state index in [0.717, 1.165) is 31.9 Å². The maximum Gasteiger partial charge on any atom is 0.229 e. The molecule has 21 heavy (non-hydrogen) atoms. The third kappa shape index (κ3) is 1.99. The molecule has 3 aromatic carbocycles. The molecule has 4 aromatic rings. The Labute approximate surface area is 129 Å². The highest BCUT2D eigenvalue weighted by atomic mass is 79.9. The lowest BCUT2D eigenvalue weighted by Gasteiger charge is -2.04. The fourth-order valence-electron chi connectivity index (χ4n) is 2.47. The van der Waals surface area contributed by atoms with E-state index in [0.29, 0.717) is 11.6 Å². The summed E-state index contributed by atoms with van der Waals surface area (Å²) < 4.78 is 6.76. The number of rotatable bonds is 1. The minimum atomic E-state index is 0.542. The molecule has 0 spiro atoms. The summed E-state index contributed by atoms with van der Waals surface area (Å²) in [6.45, 7) is 0. The van der Waals surface area contributed by atoms with Crippen LogP contribution in [0.5, 0.6) is 0 Å². The monoisotopic (exact) mass is 338 g/mol. The number of aromatic nitrogens is 1. The first-order valence-electron chi connectivity index (χ1n) is 6.56. The maximum atomic E-state index is 6.17. The number of benzene rings is 3. The SMILES string of the molecule is Nc1cc2ccccc2cc1-c1nc2cccc(Br)c2o1. The van der Waals surface area contributed by atoms with E-state index in [9.17, 15) is 0 Å². The van der Waals surface area contributed by atoms with Crippen LogP contribution in [0.1, 0.15) is 0 Å². The van der Waals surface area contributed by atoms with Crippen molar-refractivity contribution in [3.05, 3.63) is 59.1 Å². The molecule has 0 aliphatic rings. The summed E-state index contributed by atoms with van der Waals surface area (Å²) in [6.07, 6.45) is 0. The van der Waals surface area contributed by atoms with Gasteiger partial charge in [-0.05, 0) is 51.0 Å². The number of oxazole rings is 1. The Kier molecular flexibility index (Phi) is 2.72. The molecule has 2 N–H and O–H groups in total. The van der Waals surface area contributed by atoms with Crippen LogP contribution in [0.3, 0.4) is 0 Å². The molecule has 0 aliphatic heterocycles. The van der Waals surface area contributed by atoms with Crippen molar-refractivity contribution in [1.82, 2.24) is 4.98 Å². The molecule has 0 saturated carbocycles. The van der Waals surface area contributed by atoms with Crippen LogP contribution in [-0.4, -0.2) is 4.98 Å². The molecule has 0 bridgehead atoms. The average Bonchev–Trinajstić information content (AvgIpc) is 2.92. The summed E-state index contributed by atoms with van der Waals surface area (Å²) in [7, 11) is 0. The number of nitrogens with zero attached hydrogens (tertiary/aromatic N) is 1. The van der Waals surface area contributed by atoms with Crippen LogP contribution in [0.15, 0.2) is 63.5 Å². The number of nitrogen functional groups attached to an aromatic ring is 1. The summed E-state index contributed by atoms with van der Waals surface area (Å²) in [4.78, 5) is 4.53. The van der Waals surface area contributed by atoms with Gasteiger partial charge in [0.15, 0.2) is 5.58 Å². The van der Waals surface area contributed by atoms with Gasteiger partial charge < -0.3 is 10.2 Å². The van der Waals surface area contributed by atoms with Gasteiger partial charge in [0, 0.05) is 5.69 Å². The molecule has 102 valence electrons. The van der Waals surface area contributed by atoms with Crippen molar-refractivity contribution in [1.29, 1.82) is 0 Å². The predicted octanol–water partition coefficient (Wildman–Crippen LogP) is 4.99. The number of hydrogen-bond donors (Lipinski definition) is 1. The molecule has 1 aromatic heterocycles. The summed E-state index contributed by atoms with van der Waals surface area (Å²) >= 11 is 3.48. The highest BCUT2D eigenvalue weighted by molar-refractivity contribution is 9.10. The summed E-state index contributed by atoms with van der Waals surface area (Å²) in [5, 5.41) is 2.22. The summed E-state index contributed by atoms with van der Waals surface area (Å²) in [5.74, 6) is 0.542. The first-order valence-corrected chi connectivity index (χ1v) is 7.35. The smallest absolute Gasteiger partial charge is 0.229 e. The molecule has 0 unspecified atom stereocenters. The number of hydrogen-bond acceptors (Lipinski definition) is 3. The lowest BCUT2D eigenvalue weighted by Crippen LogP contribution is -1.90. The van der Waals surface area contributed by atoms with Crippen LogP contribution >= 0.6 is 15.9 Å². The number of para-hydroxylation sites is 1. The largest absolute Gasteiger partial charge is 0.435 e. The van der Waals surface area contributed by atoms with Crippen LogP contribution in [0.4, 0.5) is 5.69 Å². The van der Waals surface area contributed by atoms with Gasteiger partial charge in [-0.1, -0.05) is 30.3 Å². The Hall–Kier alpha value is -2.33. The minimum absolute atomic E-state index is 0.542. The Balaban J connectivity index is 1.99. The first-order chi connectivity index (χ1) is 10.2. The standard InChI is InChI=1S/C17H11BrN2O/c18-13-6-3-7-15-16(13)21-17(20-15)12-8-10-4-1-2-5-11(10)9-14(12)19/h1-9H,19H2. The van der Waals surface area contributed by atoms with E-state index < -0.39 is 0 Å². The average molecular weight is 339 g/mol. The van der Waals surface area contributed by atoms with E-state index >= 15 is 0 Å². The lowest BCUT2D eigenvalue weighted by molar-refractivity contribution is 0.618. The van der Waals surface area contributed by atoms with Crippen LogP contribution < -0.4 is 5.73 Å². The fourth-order valence-corrected chi connectivity index (χ4v) is 2.91. The van der Waals surface area contributed by atoms with E-state index in [-0.39, 0.29) is 0 Å². The first kappa shape index (κ1) is 12.4. The van der Waals surface area contributed by atoms with E-state index in [1.54, 1.807) is 0 Å². The Morgan fingerprint density at radius 1 is 0.952 bits per heavy atom. The van der Waals surface area contributed by atoms with Crippen LogP contribution in [0.2, 0.25) is 0 Å². The second-order valence-corrected chi connectivity index (χ2v) is 5.75. The quantitative estimate of drug-likeness (QED) is 0.497. The topological polar surface area (TPSA) is 52.0 Å². The molecule has 0 atom stereocenters. The second-order valence-electron chi connectivity index (χ2n) is 4.89. The third-order valence-corrected chi connectivity index (χ3v) is 4.14. The van der Waals surface area contributed by atoms with Gasteiger partial charge in [-0.25, -0.2) is 4.98 Å². The molecule has 0 aliphatic carbocycles. The van der Waals surface area contributed by atoms with Crippen molar-refractivity contribution in [3.63, 3.8) is 0 Å². The van der Waals surface area contributed by atoms with Crippen molar-refractivity contribution in [2.45, 2.75) is 0 Å². The van der Waals surface area contributed by atoms with Gasteiger partial charge >= 0.3 is 0 Å². The molecule has 4 heteroatoms.